The molecule has 0 amide bonds. The van der Waals surface area contributed by atoms with Crippen molar-refractivity contribution >= 4 is 11.9 Å². The summed E-state index contributed by atoms with van der Waals surface area (Å²) in [6, 6.07) is 3.76. The molecule has 0 aliphatic heterocycles. The van der Waals surface area contributed by atoms with Crippen LogP contribution in [0.25, 0.3) is 6.08 Å². The van der Waals surface area contributed by atoms with Gasteiger partial charge in [-0.3, -0.25) is 4.79 Å². The van der Waals surface area contributed by atoms with Crippen LogP contribution >= 0.6 is 0 Å². The Balaban J connectivity index is 2.47. The molecule has 0 bridgehead atoms. The Morgan fingerprint density at radius 2 is 1.62 bits per heavy atom. The maximum Gasteiger partial charge on any atom is 0.203 e. The summed E-state index contributed by atoms with van der Waals surface area (Å²) in [7, 11) is 4.77. The highest BCUT2D eigenvalue weighted by Crippen LogP contribution is 2.40. The highest BCUT2D eigenvalue weighted by Gasteiger charge is 2.32. The second-order valence-electron chi connectivity index (χ2n) is 6.75. The quantitative estimate of drug-likeness (QED) is 0.751. The van der Waals surface area contributed by atoms with Gasteiger partial charge in [0.1, 0.15) is 0 Å². The van der Waals surface area contributed by atoms with Crippen LogP contribution in [0, 0.1) is 17.8 Å². The van der Waals surface area contributed by atoms with E-state index in [0.29, 0.717) is 23.2 Å². The summed E-state index contributed by atoms with van der Waals surface area (Å²) in [6.45, 7) is 6.36. The van der Waals surface area contributed by atoms with Crippen LogP contribution in [0.3, 0.4) is 0 Å². The lowest BCUT2D eigenvalue weighted by atomic mass is 9.73. The molecule has 4 nitrogen and oxygen atoms in total. The number of carbonyl (C=O) groups excluding carboxylic acids is 1. The standard InChI is InChI=1S/C20H28O4/c1-12(2)15-8-7-13(3)16(19(15)21)9-14-10-17(22-4)20(24-6)18(11-14)23-5/h9-13,15H,7-8H2,1-6H3/t13-,15-/m1/s1. The lowest BCUT2D eigenvalue weighted by Gasteiger charge is -2.30. The Kier molecular flexibility index (Phi) is 5.92. The second-order valence-corrected chi connectivity index (χ2v) is 6.75. The number of ether oxygens (including phenoxy) is 3. The van der Waals surface area contributed by atoms with Gasteiger partial charge in [0, 0.05) is 5.92 Å². The maximum absolute atomic E-state index is 12.9. The zero-order chi connectivity index (χ0) is 17.9. The molecule has 2 rings (SSSR count). The third-order valence-corrected chi connectivity index (χ3v) is 4.88. The third-order valence-electron chi connectivity index (χ3n) is 4.88. The van der Waals surface area contributed by atoms with E-state index in [1.165, 1.54) is 0 Å². The molecule has 1 aromatic rings. The van der Waals surface area contributed by atoms with E-state index in [0.717, 1.165) is 24.0 Å². The van der Waals surface area contributed by atoms with Crippen LogP contribution in [0.1, 0.15) is 39.2 Å². The average molecular weight is 332 g/mol. The first-order chi connectivity index (χ1) is 11.4. The molecule has 132 valence electrons. The summed E-state index contributed by atoms with van der Waals surface area (Å²) in [6.07, 6.45) is 4.00. The van der Waals surface area contributed by atoms with Crippen LogP contribution in [-0.4, -0.2) is 27.1 Å². The molecule has 2 atom stereocenters. The zero-order valence-corrected chi connectivity index (χ0v) is 15.5. The molecule has 0 aromatic heterocycles. The molecule has 0 unspecified atom stereocenters. The van der Waals surface area contributed by atoms with Crippen molar-refractivity contribution in [3.63, 3.8) is 0 Å². The van der Waals surface area contributed by atoms with Gasteiger partial charge >= 0.3 is 0 Å². The van der Waals surface area contributed by atoms with Gasteiger partial charge < -0.3 is 14.2 Å². The van der Waals surface area contributed by atoms with Crippen molar-refractivity contribution in [1.29, 1.82) is 0 Å². The number of methoxy groups -OCH3 is 3. The average Bonchev–Trinajstić information content (AvgIpc) is 2.57. The van der Waals surface area contributed by atoms with E-state index in [1.54, 1.807) is 21.3 Å². The van der Waals surface area contributed by atoms with Crippen LogP contribution < -0.4 is 14.2 Å². The molecular weight excluding hydrogens is 304 g/mol. The number of Topliss-reactive ketones (excluding diaryl/α,β-unsaturated/α-hetero) is 1. The molecule has 1 saturated carbocycles. The number of allylic oxidation sites excluding steroid dienone is 1. The zero-order valence-electron chi connectivity index (χ0n) is 15.5. The predicted molar refractivity (Wildman–Crippen MR) is 95.8 cm³/mol. The topological polar surface area (TPSA) is 44.8 Å². The number of rotatable bonds is 5. The second kappa shape index (κ2) is 7.73. The van der Waals surface area contributed by atoms with Gasteiger partial charge in [-0.05, 0) is 54.0 Å². The molecule has 0 radical (unpaired) electrons. The highest BCUT2D eigenvalue weighted by atomic mass is 16.5. The van der Waals surface area contributed by atoms with Gasteiger partial charge in [0.25, 0.3) is 0 Å². The smallest absolute Gasteiger partial charge is 0.203 e. The Morgan fingerprint density at radius 3 is 2.08 bits per heavy atom. The molecule has 1 aliphatic rings. The number of hydrogen-bond donors (Lipinski definition) is 0. The van der Waals surface area contributed by atoms with Crippen molar-refractivity contribution < 1.29 is 19.0 Å². The summed E-state index contributed by atoms with van der Waals surface area (Å²) in [5.41, 5.74) is 1.79. The molecule has 0 saturated heterocycles. The van der Waals surface area contributed by atoms with E-state index >= 15 is 0 Å². The van der Waals surface area contributed by atoms with Crippen molar-refractivity contribution in [1.82, 2.24) is 0 Å². The minimum Gasteiger partial charge on any atom is -0.493 e. The predicted octanol–water partition coefficient (Wildman–Crippen LogP) is 4.37. The number of carbonyl (C=O) groups is 1. The minimum absolute atomic E-state index is 0.120. The first-order valence-electron chi connectivity index (χ1n) is 8.48. The fraction of sp³-hybridized carbons (Fsp3) is 0.550. The van der Waals surface area contributed by atoms with Crippen LogP contribution in [0.4, 0.5) is 0 Å². The summed E-state index contributed by atoms with van der Waals surface area (Å²) in [5.74, 6) is 2.79. The molecule has 0 spiro atoms. The summed E-state index contributed by atoms with van der Waals surface area (Å²) in [5, 5.41) is 0. The van der Waals surface area contributed by atoms with Crippen molar-refractivity contribution in [3.8, 4) is 17.2 Å². The van der Waals surface area contributed by atoms with Gasteiger partial charge in [-0.1, -0.05) is 20.8 Å². The van der Waals surface area contributed by atoms with Crippen LogP contribution in [0.2, 0.25) is 0 Å². The molecule has 24 heavy (non-hydrogen) atoms. The van der Waals surface area contributed by atoms with Gasteiger partial charge in [0.05, 0.1) is 21.3 Å². The molecule has 4 heteroatoms. The Labute approximate surface area is 144 Å². The molecule has 0 heterocycles. The van der Waals surface area contributed by atoms with E-state index in [9.17, 15) is 4.79 Å². The van der Waals surface area contributed by atoms with E-state index < -0.39 is 0 Å². The molecule has 0 N–H and O–H groups in total. The Hall–Kier alpha value is -1.97. The molecular formula is C20H28O4. The molecule has 1 fully saturated rings. The van der Waals surface area contributed by atoms with Gasteiger partial charge in [0.15, 0.2) is 17.3 Å². The first kappa shape index (κ1) is 18.4. The fourth-order valence-electron chi connectivity index (χ4n) is 3.39. The lowest BCUT2D eigenvalue weighted by molar-refractivity contribution is -0.122. The normalized spacial score (nSPS) is 22.8. The number of hydrogen-bond acceptors (Lipinski definition) is 4. The van der Waals surface area contributed by atoms with Gasteiger partial charge in [-0.25, -0.2) is 0 Å². The van der Waals surface area contributed by atoms with Gasteiger partial charge in [-0.15, -0.1) is 0 Å². The van der Waals surface area contributed by atoms with Crippen LogP contribution in [0.5, 0.6) is 17.2 Å². The van der Waals surface area contributed by atoms with E-state index in [4.69, 9.17) is 14.2 Å². The molecule has 1 aromatic carbocycles. The molecule has 1 aliphatic carbocycles. The van der Waals surface area contributed by atoms with E-state index in [-0.39, 0.29) is 17.6 Å². The lowest BCUT2D eigenvalue weighted by Crippen LogP contribution is -2.30. The summed E-state index contributed by atoms with van der Waals surface area (Å²) >= 11 is 0. The van der Waals surface area contributed by atoms with Crippen LogP contribution in [0.15, 0.2) is 17.7 Å². The fourth-order valence-corrected chi connectivity index (χ4v) is 3.39. The van der Waals surface area contributed by atoms with Gasteiger partial charge in [-0.2, -0.15) is 0 Å². The highest BCUT2D eigenvalue weighted by molar-refractivity contribution is 6.02. The largest absolute Gasteiger partial charge is 0.493 e. The SMILES string of the molecule is COc1cc(C=C2C(=O)[C@@H](C(C)C)CC[C@H]2C)cc(OC)c1OC. The Bertz CT molecular complexity index is 606. The van der Waals surface area contributed by atoms with Crippen molar-refractivity contribution in [3.05, 3.63) is 23.3 Å². The monoisotopic (exact) mass is 332 g/mol. The summed E-state index contributed by atoms with van der Waals surface area (Å²) in [4.78, 5) is 12.9. The number of benzene rings is 1. The Morgan fingerprint density at radius 1 is 1.04 bits per heavy atom. The van der Waals surface area contributed by atoms with Gasteiger partial charge in [0.2, 0.25) is 5.75 Å². The third kappa shape index (κ3) is 3.58. The number of ketones is 1. The minimum atomic E-state index is 0.120. The van der Waals surface area contributed by atoms with E-state index in [2.05, 4.69) is 20.8 Å². The van der Waals surface area contributed by atoms with Crippen molar-refractivity contribution in [2.75, 3.05) is 21.3 Å². The first-order valence-corrected chi connectivity index (χ1v) is 8.48. The maximum atomic E-state index is 12.9. The summed E-state index contributed by atoms with van der Waals surface area (Å²) < 4.78 is 16.2. The van der Waals surface area contributed by atoms with Crippen molar-refractivity contribution in [2.45, 2.75) is 33.6 Å². The van der Waals surface area contributed by atoms with Crippen molar-refractivity contribution in [2.24, 2.45) is 17.8 Å². The van der Waals surface area contributed by atoms with Crippen LogP contribution in [-0.2, 0) is 4.79 Å². The van der Waals surface area contributed by atoms with E-state index in [1.807, 2.05) is 18.2 Å².